The monoisotopic (exact) mass is 309 g/mol. The molecule has 0 aliphatic rings. The van der Waals surface area contributed by atoms with Crippen molar-refractivity contribution in [2.24, 2.45) is 0 Å². The molecule has 0 amide bonds. The van der Waals surface area contributed by atoms with Crippen molar-refractivity contribution in [3.8, 4) is 17.1 Å². The Balaban J connectivity index is 2.02. The molecule has 0 unspecified atom stereocenters. The number of aromatic nitrogens is 2. The van der Waals surface area contributed by atoms with E-state index in [1.54, 1.807) is 14.2 Å². The van der Waals surface area contributed by atoms with Crippen LogP contribution in [0.15, 0.2) is 48.5 Å². The zero-order valence-electron chi connectivity index (χ0n) is 13.2. The van der Waals surface area contributed by atoms with E-state index in [0.717, 1.165) is 28.0 Å². The molecule has 0 aliphatic heterocycles. The first-order valence-corrected chi connectivity index (χ1v) is 7.46. The van der Waals surface area contributed by atoms with Crippen molar-refractivity contribution < 1.29 is 9.47 Å². The SMILES string of the molecule is COCCNc1nc(-c2ccc(OC)cc2)nc2ccccc12. The summed E-state index contributed by atoms with van der Waals surface area (Å²) in [5.41, 5.74) is 1.86. The maximum Gasteiger partial charge on any atom is 0.162 e. The molecule has 0 radical (unpaired) electrons. The predicted molar refractivity (Wildman–Crippen MR) is 91.9 cm³/mol. The number of nitrogens with zero attached hydrogens (tertiary/aromatic N) is 2. The highest BCUT2D eigenvalue weighted by Gasteiger charge is 2.09. The Labute approximate surface area is 135 Å². The number of benzene rings is 2. The number of fused-ring (bicyclic) bond motifs is 1. The standard InChI is InChI=1S/C18H19N3O2/c1-22-12-11-19-18-15-5-3-4-6-16(15)20-17(21-18)13-7-9-14(23-2)10-8-13/h3-10H,11-12H2,1-2H3,(H,19,20,21). The average Bonchev–Trinajstić information content (AvgIpc) is 2.62. The smallest absolute Gasteiger partial charge is 0.162 e. The first-order chi connectivity index (χ1) is 11.3. The molecule has 0 saturated carbocycles. The van der Waals surface area contributed by atoms with E-state index in [1.165, 1.54) is 0 Å². The number of methoxy groups -OCH3 is 2. The third-order valence-electron chi connectivity index (χ3n) is 3.55. The molecule has 118 valence electrons. The Bertz CT molecular complexity index is 788. The van der Waals surface area contributed by atoms with E-state index in [2.05, 4.69) is 15.3 Å². The zero-order valence-corrected chi connectivity index (χ0v) is 13.2. The number of nitrogens with one attached hydrogen (secondary N) is 1. The highest BCUT2D eigenvalue weighted by atomic mass is 16.5. The average molecular weight is 309 g/mol. The molecule has 0 bridgehead atoms. The van der Waals surface area contributed by atoms with E-state index in [-0.39, 0.29) is 0 Å². The summed E-state index contributed by atoms with van der Waals surface area (Å²) in [7, 11) is 3.34. The Hall–Kier alpha value is -2.66. The second kappa shape index (κ2) is 7.07. The fourth-order valence-electron chi connectivity index (χ4n) is 2.35. The number of hydrogen-bond acceptors (Lipinski definition) is 5. The van der Waals surface area contributed by atoms with Crippen molar-refractivity contribution in [1.82, 2.24) is 9.97 Å². The lowest BCUT2D eigenvalue weighted by Crippen LogP contribution is -2.10. The van der Waals surface area contributed by atoms with E-state index in [4.69, 9.17) is 9.47 Å². The largest absolute Gasteiger partial charge is 0.497 e. The van der Waals surface area contributed by atoms with Gasteiger partial charge in [-0.25, -0.2) is 9.97 Å². The van der Waals surface area contributed by atoms with Gasteiger partial charge in [-0.05, 0) is 36.4 Å². The molecule has 3 rings (SSSR count). The molecule has 2 aromatic carbocycles. The first kappa shape index (κ1) is 15.2. The van der Waals surface area contributed by atoms with Crippen LogP contribution < -0.4 is 10.1 Å². The lowest BCUT2D eigenvalue weighted by atomic mass is 10.1. The maximum absolute atomic E-state index is 5.20. The second-order valence-corrected chi connectivity index (χ2v) is 5.06. The van der Waals surface area contributed by atoms with Gasteiger partial charge in [-0.3, -0.25) is 0 Å². The summed E-state index contributed by atoms with van der Waals surface area (Å²) in [5.74, 6) is 2.32. The van der Waals surface area contributed by atoms with E-state index >= 15 is 0 Å². The predicted octanol–water partition coefficient (Wildman–Crippen LogP) is 3.36. The third kappa shape index (κ3) is 3.40. The fourth-order valence-corrected chi connectivity index (χ4v) is 2.35. The van der Waals surface area contributed by atoms with Gasteiger partial charge in [0.05, 0.1) is 19.2 Å². The lowest BCUT2D eigenvalue weighted by molar-refractivity contribution is 0.210. The molecule has 5 heteroatoms. The van der Waals surface area contributed by atoms with Gasteiger partial charge in [0.1, 0.15) is 11.6 Å². The van der Waals surface area contributed by atoms with Crippen LogP contribution in [0, 0.1) is 0 Å². The molecular weight excluding hydrogens is 290 g/mol. The molecule has 23 heavy (non-hydrogen) atoms. The lowest BCUT2D eigenvalue weighted by Gasteiger charge is -2.11. The molecule has 3 aromatic rings. The van der Waals surface area contributed by atoms with Crippen LogP contribution in [-0.4, -0.2) is 37.3 Å². The minimum absolute atomic E-state index is 0.621. The van der Waals surface area contributed by atoms with E-state index in [1.807, 2.05) is 48.5 Å². The molecule has 0 saturated heterocycles. The first-order valence-electron chi connectivity index (χ1n) is 7.46. The molecule has 1 heterocycles. The van der Waals surface area contributed by atoms with Crippen LogP contribution >= 0.6 is 0 Å². The van der Waals surface area contributed by atoms with Gasteiger partial charge >= 0.3 is 0 Å². The molecule has 1 N–H and O–H groups in total. The minimum atomic E-state index is 0.621. The van der Waals surface area contributed by atoms with Crippen LogP contribution in [0.3, 0.4) is 0 Å². The summed E-state index contributed by atoms with van der Waals surface area (Å²) in [5, 5.41) is 4.32. The summed E-state index contributed by atoms with van der Waals surface area (Å²) >= 11 is 0. The second-order valence-electron chi connectivity index (χ2n) is 5.06. The topological polar surface area (TPSA) is 56.3 Å². The van der Waals surface area contributed by atoms with Gasteiger partial charge in [-0.2, -0.15) is 0 Å². The normalized spacial score (nSPS) is 10.7. The zero-order chi connectivity index (χ0) is 16.1. The Morgan fingerprint density at radius 3 is 2.48 bits per heavy atom. The summed E-state index contributed by atoms with van der Waals surface area (Å²) in [6.45, 7) is 1.32. The Morgan fingerprint density at radius 2 is 1.74 bits per heavy atom. The van der Waals surface area contributed by atoms with Crippen LogP contribution in [0.1, 0.15) is 0 Å². The van der Waals surface area contributed by atoms with Crippen molar-refractivity contribution >= 4 is 16.7 Å². The molecule has 1 aromatic heterocycles. The van der Waals surface area contributed by atoms with Gasteiger partial charge in [0.2, 0.25) is 0 Å². The van der Waals surface area contributed by atoms with E-state index in [0.29, 0.717) is 19.0 Å². The Morgan fingerprint density at radius 1 is 0.957 bits per heavy atom. The highest BCUT2D eigenvalue weighted by Crippen LogP contribution is 2.25. The van der Waals surface area contributed by atoms with E-state index in [9.17, 15) is 0 Å². The van der Waals surface area contributed by atoms with Crippen LogP contribution in [0.5, 0.6) is 5.75 Å². The van der Waals surface area contributed by atoms with Crippen LogP contribution in [0.25, 0.3) is 22.3 Å². The van der Waals surface area contributed by atoms with Gasteiger partial charge < -0.3 is 14.8 Å². The molecule has 5 nitrogen and oxygen atoms in total. The van der Waals surface area contributed by atoms with Crippen molar-refractivity contribution in [3.63, 3.8) is 0 Å². The van der Waals surface area contributed by atoms with E-state index < -0.39 is 0 Å². The maximum atomic E-state index is 5.20. The number of para-hydroxylation sites is 1. The van der Waals surface area contributed by atoms with Crippen molar-refractivity contribution in [2.45, 2.75) is 0 Å². The van der Waals surface area contributed by atoms with Crippen LogP contribution in [-0.2, 0) is 4.74 Å². The molecule has 0 fully saturated rings. The fraction of sp³-hybridized carbons (Fsp3) is 0.222. The number of ether oxygens (including phenoxy) is 2. The molecule has 0 aliphatic carbocycles. The number of rotatable bonds is 6. The summed E-state index contributed by atoms with van der Waals surface area (Å²) in [4.78, 5) is 9.35. The highest BCUT2D eigenvalue weighted by molar-refractivity contribution is 5.90. The van der Waals surface area contributed by atoms with Gasteiger partial charge in [0.25, 0.3) is 0 Å². The van der Waals surface area contributed by atoms with Crippen molar-refractivity contribution in [1.29, 1.82) is 0 Å². The molecule has 0 atom stereocenters. The van der Waals surface area contributed by atoms with Crippen molar-refractivity contribution in [3.05, 3.63) is 48.5 Å². The minimum Gasteiger partial charge on any atom is -0.497 e. The van der Waals surface area contributed by atoms with Gasteiger partial charge in [0.15, 0.2) is 5.82 Å². The third-order valence-corrected chi connectivity index (χ3v) is 3.55. The molecular formula is C18H19N3O2. The quantitative estimate of drug-likeness (QED) is 0.708. The van der Waals surface area contributed by atoms with Crippen LogP contribution in [0.4, 0.5) is 5.82 Å². The van der Waals surface area contributed by atoms with Gasteiger partial charge in [0, 0.05) is 24.6 Å². The summed E-state index contributed by atoms with van der Waals surface area (Å²) in [6, 6.07) is 15.7. The summed E-state index contributed by atoms with van der Waals surface area (Å²) in [6.07, 6.45) is 0. The van der Waals surface area contributed by atoms with Crippen molar-refractivity contribution in [2.75, 3.05) is 32.7 Å². The van der Waals surface area contributed by atoms with Gasteiger partial charge in [-0.15, -0.1) is 0 Å². The summed E-state index contributed by atoms with van der Waals surface area (Å²) < 4.78 is 10.3. The van der Waals surface area contributed by atoms with Gasteiger partial charge in [-0.1, -0.05) is 12.1 Å². The Kier molecular flexibility index (Phi) is 4.68. The number of anilines is 1. The van der Waals surface area contributed by atoms with Crippen LogP contribution in [0.2, 0.25) is 0 Å². The number of hydrogen-bond donors (Lipinski definition) is 1. The molecule has 0 spiro atoms.